The van der Waals surface area contributed by atoms with Gasteiger partial charge >= 0.3 is 0 Å². The molecule has 3 N–H and O–H groups in total. The molecule has 1 aromatic rings. The fourth-order valence-electron chi connectivity index (χ4n) is 4.01. The van der Waals surface area contributed by atoms with Gasteiger partial charge in [0.25, 0.3) is 5.91 Å². The predicted molar refractivity (Wildman–Crippen MR) is 95.2 cm³/mol. The van der Waals surface area contributed by atoms with Crippen LogP contribution in [-0.4, -0.2) is 46.8 Å². The quantitative estimate of drug-likeness (QED) is 0.675. The first-order valence-electron chi connectivity index (χ1n) is 9.10. The van der Waals surface area contributed by atoms with Crippen LogP contribution in [0.2, 0.25) is 0 Å². The number of fused-ring (bicyclic) bond motifs is 1. The normalized spacial score (nSPS) is 27.2. The van der Waals surface area contributed by atoms with Crippen LogP contribution in [0.4, 0.5) is 0 Å². The molecule has 3 heterocycles. The molecule has 26 heavy (non-hydrogen) atoms. The van der Waals surface area contributed by atoms with Crippen molar-refractivity contribution in [3.05, 3.63) is 34.9 Å². The standard InChI is InChI=1S/C19H24N4O3/c1-19(2)14(9-21-19)20-8-11-4-3-5-12-10-23(18(26)16(11)12)13-6-7-15(24)22-17(13)25/h3-5,13-14,20-21H,6-10H2,1-2H3,(H,22,24,25). The number of rotatable bonds is 4. The van der Waals surface area contributed by atoms with E-state index >= 15 is 0 Å². The molecule has 0 radical (unpaired) electrons. The number of hydrogen-bond donors (Lipinski definition) is 3. The molecule has 7 heteroatoms. The molecular formula is C19H24N4O3. The van der Waals surface area contributed by atoms with Gasteiger partial charge in [0.2, 0.25) is 11.8 Å². The molecule has 3 amide bonds. The number of hydrogen-bond acceptors (Lipinski definition) is 5. The summed E-state index contributed by atoms with van der Waals surface area (Å²) in [7, 11) is 0. The third kappa shape index (κ3) is 2.81. The van der Waals surface area contributed by atoms with E-state index < -0.39 is 6.04 Å². The summed E-state index contributed by atoms with van der Waals surface area (Å²) in [6.45, 7) is 6.26. The molecule has 0 bridgehead atoms. The smallest absolute Gasteiger partial charge is 0.255 e. The van der Waals surface area contributed by atoms with E-state index in [9.17, 15) is 14.4 Å². The van der Waals surface area contributed by atoms with Crippen LogP contribution in [0.5, 0.6) is 0 Å². The predicted octanol–water partition coefficient (Wildman–Crippen LogP) is 0.288. The highest BCUT2D eigenvalue weighted by Gasteiger charge is 2.41. The van der Waals surface area contributed by atoms with Gasteiger partial charge in [0.15, 0.2) is 0 Å². The lowest BCUT2D eigenvalue weighted by atomic mass is 9.86. The largest absolute Gasteiger partial charge is 0.322 e. The second-order valence-corrected chi connectivity index (χ2v) is 7.89. The maximum absolute atomic E-state index is 13.0. The van der Waals surface area contributed by atoms with Gasteiger partial charge in [-0.3, -0.25) is 19.7 Å². The first-order valence-corrected chi connectivity index (χ1v) is 9.10. The minimum atomic E-state index is -0.567. The summed E-state index contributed by atoms with van der Waals surface area (Å²) in [5, 5.41) is 9.25. The van der Waals surface area contributed by atoms with E-state index in [1.807, 2.05) is 18.2 Å². The second-order valence-electron chi connectivity index (χ2n) is 7.89. The van der Waals surface area contributed by atoms with Crippen LogP contribution in [0.1, 0.15) is 48.2 Å². The molecule has 2 fully saturated rings. The van der Waals surface area contributed by atoms with Crippen molar-refractivity contribution >= 4 is 17.7 Å². The number of piperidine rings is 1. The number of amides is 3. The lowest BCUT2D eigenvalue weighted by Gasteiger charge is -2.46. The van der Waals surface area contributed by atoms with Gasteiger partial charge in [-0.05, 0) is 31.4 Å². The second kappa shape index (κ2) is 6.17. The van der Waals surface area contributed by atoms with E-state index in [4.69, 9.17) is 0 Å². The van der Waals surface area contributed by atoms with Crippen molar-refractivity contribution in [3.8, 4) is 0 Å². The number of benzene rings is 1. The Kier molecular flexibility index (Phi) is 4.08. The molecule has 4 rings (SSSR count). The molecule has 3 aliphatic rings. The van der Waals surface area contributed by atoms with E-state index in [2.05, 4.69) is 29.8 Å². The molecule has 0 aliphatic carbocycles. The van der Waals surface area contributed by atoms with Crippen LogP contribution >= 0.6 is 0 Å². The van der Waals surface area contributed by atoms with Crippen molar-refractivity contribution in [2.75, 3.05) is 6.54 Å². The molecular weight excluding hydrogens is 332 g/mol. The Morgan fingerprint density at radius 3 is 2.73 bits per heavy atom. The van der Waals surface area contributed by atoms with Gasteiger partial charge in [-0.25, -0.2) is 0 Å². The fraction of sp³-hybridized carbons (Fsp3) is 0.526. The summed E-state index contributed by atoms with van der Waals surface area (Å²) in [5.74, 6) is -0.751. The molecule has 2 saturated heterocycles. The molecule has 7 nitrogen and oxygen atoms in total. The van der Waals surface area contributed by atoms with Gasteiger partial charge < -0.3 is 15.5 Å². The van der Waals surface area contributed by atoms with Crippen molar-refractivity contribution in [3.63, 3.8) is 0 Å². The zero-order valence-electron chi connectivity index (χ0n) is 15.1. The van der Waals surface area contributed by atoms with Crippen molar-refractivity contribution in [1.82, 2.24) is 20.9 Å². The first kappa shape index (κ1) is 17.2. The summed E-state index contributed by atoms with van der Waals surface area (Å²) in [6, 6.07) is 5.67. The maximum atomic E-state index is 13.0. The molecule has 2 atom stereocenters. The Bertz CT molecular complexity index is 789. The Morgan fingerprint density at radius 1 is 1.27 bits per heavy atom. The summed E-state index contributed by atoms with van der Waals surface area (Å²) in [4.78, 5) is 38.2. The highest BCUT2D eigenvalue weighted by molar-refractivity contribution is 6.05. The Balaban J connectivity index is 1.51. The zero-order chi connectivity index (χ0) is 18.5. The highest BCUT2D eigenvalue weighted by Crippen LogP contribution is 2.30. The van der Waals surface area contributed by atoms with Crippen LogP contribution in [0.3, 0.4) is 0 Å². The number of nitrogens with zero attached hydrogens (tertiary/aromatic N) is 1. The average Bonchev–Trinajstić information content (AvgIpc) is 2.92. The van der Waals surface area contributed by atoms with Gasteiger partial charge in [-0.2, -0.15) is 0 Å². The van der Waals surface area contributed by atoms with Crippen molar-refractivity contribution in [1.29, 1.82) is 0 Å². The third-order valence-corrected chi connectivity index (χ3v) is 5.81. The lowest BCUT2D eigenvalue weighted by molar-refractivity contribution is -0.136. The van der Waals surface area contributed by atoms with E-state index in [1.54, 1.807) is 4.90 Å². The minimum Gasteiger partial charge on any atom is -0.322 e. The van der Waals surface area contributed by atoms with Crippen molar-refractivity contribution in [2.24, 2.45) is 0 Å². The van der Waals surface area contributed by atoms with E-state index in [0.29, 0.717) is 31.1 Å². The SMILES string of the molecule is CC1(C)NCC1NCc1cccc2c1C(=O)N(C1CCC(=O)NC1=O)C2. The van der Waals surface area contributed by atoms with Crippen molar-refractivity contribution < 1.29 is 14.4 Å². The minimum absolute atomic E-state index is 0.0563. The molecule has 0 aromatic heterocycles. The summed E-state index contributed by atoms with van der Waals surface area (Å²) >= 11 is 0. The summed E-state index contributed by atoms with van der Waals surface area (Å²) in [6.07, 6.45) is 0.661. The molecule has 1 aromatic carbocycles. The topological polar surface area (TPSA) is 90.5 Å². The molecule has 3 aliphatic heterocycles. The van der Waals surface area contributed by atoms with Crippen LogP contribution in [0.15, 0.2) is 18.2 Å². The monoisotopic (exact) mass is 356 g/mol. The van der Waals surface area contributed by atoms with Gasteiger partial charge in [-0.1, -0.05) is 18.2 Å². The van der Waals surface area contributed by atoms with Gasteiger partial charge in [-0.15, -0.1) is 0 Å². The number of nitrogens with one attached hydrogen (secondary N) is 3. The van der Waals surface area contributed by atoms with Gasteiger partial charge in [0.05, 0.1) is 0 Å². The lowest BCUT2D eigenvalue weighted by Crippen LogP contribution is -2.70. The Hall–Kier alpha value is -2.25. The van der Waals surface area contributed by atoms with Gasteiger partial charge in [0, 0.05) is 43.2 Å². The maximum Gasteiger partial charge on any atom is 0.255 e. The van der Waals surface area contributed by atoms with Gasteiger partial charge in [0.1, 0.15) is 6.04 Å². The first-order chi connectivity index (χ1) is 12.4. The number of imide groups is 1. The number of carbonyl (C=O) groups is 3. The van der Waals surface area contributed by atoms with Crippen LogP contribution in [0, 0.1) is 0 Å². The zero-order valence-corrected chi connectivity index (χ0v) is 15.1. The third-order valence-electron chi connectivity index (χ3n) is 5.81. The number of carbonyl (C=O) groups excluding carboxylic acids is 3. The average molecular weight is 356 g/mol. The van der Waals surface area contributed by atoms with Crippen molar-refractivity contribution in [2.45, 2.75) is 57.4 Å². The summed E-state index contributed by atoms with van der Waals surface area (Å²) in [5.41, 5.74) is 2.67. The van der Waals surface area contributed by atoms with Crippen LogP contribution in [-0.2, 0) is 22.7 Å². The molecule has 0 spiro atoms. The fourth-order valence-corrected chi connectivity index (χ4v) is 4.01. The summed E-state index contributed by atoms with van der Waals surface area (Å²) < 4.78 is 0. The van der Waals surface area contributed by atoms with Crippen LogP contribution < -0.4 is 16.0 Å². The van der Waals surface area contributed by atoms with E-state index in [0.717, 1.165) is 17.7 Å². The molecule has 0 saturated carbocycles. The van der Waals surface area contributed by atoms with E-state index in [1.165, 1.54) is 0 Å². The Labute approximate surface area is 152 Å². The van der Waals surface area contributed by atoms with Crippen LogP contribution in [0.25, 0.3) is 0 Å². The highest BCUT2D eigenvalue weighted by atomic mass is 16.2. The Morgan fingerprint density at radius 2 is 2.08 bits per heavy atom. The molecule has 2 unspecified atom stereocenters. The molecule has 138 valence electrons. The van der Waals surface area contributed by atoms with E-state index in [-0.39, 0.29) is 29.7 Å².